The average Bonchev–Trinajstić information content (AvgIpc) is 2.43. The molecular weight excluding hydrogens is 260 g/mol. The summed E-state index contributed by atoms with van der Waals surface area (Å²) >= 11 is 1.45. The predicted octanol–water partition coefficient (Wildman–Crippen LogP) is 2.18. The van der Waals surface area contributed by atoms with E-state index in [1.165, 1.54) is 11.8 Å². The van der Waals surface area contributed by atoms with Gasteiger partial charge >= 0.3 is 0 Å². The number of para-hydroxylation sites is 2. The molecule has 2 aromatic rings. The number of hydrogen-bond donors (Lipinski definition) is 2. The first kappa shape index (κ1) is 13.4. The van der Waals surface area contributed by atoms with Gasteiger partial charge in [0.25, 0.3) is 0 Å². The number of nitrogens with one attached hydrogen (secondary N) is 1. The van der Waals surface area contributed by atoms with Gasteiger partial charge in [0.1, 0.15) is 0 Å². The highest BCUT2D eigenvalue weighted by Gasteiger charge is 2.05. The van der Waals surface area contributed by atoms with Crippen molar-refractivity contribution in [2.45, 2.75) is 11.6 Å². The summed E-state index contributed by atoms with van der Waals surface area (Å²) in [7, 11) is 0. The maximum absolute atomic E-state index is 11.7. The van der Waals surface area contributed by atoms with Gasteiger partial charge in [0, 0.05) is 24.6 Å². The summed E-state index contributed by atoms with van der Waals surface area (Å²) < 4.78 is 0. The summed E-state index contributed by atoms with van der Waals surface area (Å²) in [6.45, 7) is 0. The van der Waals surface area contributed by atoms with Crippen LogP contribution in [0.25, 0.3) is 0 Å². The molecule has 0 aliphatic heterocycles. The minimum Gasteiger partial charge on any atom is -0.397 e. The molecule has 1 aromatic heterocycles. The van der Waals surface area contributed by atoms with E-state index >= 15 is 0 Å². The number of anilines is 2. The van der Waals surface area contributed by atoms with Gasteiger partial charge in [0.05, 0.1) is 11.4 Å². The van der Waals surface area contributed by atoms with Crippen molar-refractivity contribution in [2.24, 2.45) is 0 Å². The van der Waals surface area contributed by atoms with Crippen LogP contribution in [0.5, 0.6) is 0 Å². The lowest BCUT2D eigenvalue weighted by atomic mass is 10.2. The molecule has 0 bridgehead atoms. The fourth-order valence-corrected chi connectivity index (χ4v) is 2.16. The van der Waals surface area contributed by atoms with Crippen molar-refractivity contribution in [3.63, 3.8) is 0 Å². The number of benzene rings is 1. The Balaban J connectivity index is 1.78. The quantitative estimate of drug-likeness (QED) is 0.496. The lowest BCUT2D eigenvalue weighted by Gasteiger charge is -2.07. The lowest BCUT2D eigenvalue weighted by Crippen LogP contribution is -2.13. The molecule has 1 amide bonds. The Kier molecular flexibility index (Phi) is 4.74. The highest BCUT2D eigenvalue weighted by Crippen LogP contribution is 2.18. The Morgan fingerprint density at radius 3 is 2.68 bits per heavy atom. The van der Waals surface area contributed by atoms with Crippen LogP contribution < -0.4 is 11.1 Å². The molecule has 1 heterocycles. The molecule has 19 heavy (non-hydrogen) atoms. The van der Waals surface area contributed by atoms with E-state index in [1.54, 1.807) is 30.6 Å². The Morgan fingerprint density at radius 2 is 1.95 bits per heavy atom. The number of aromatic nitrogens is 2. The summed E-state index contributed by atoms with van der Waals surface area (Å²) in [4.78, 5) is 19.9. The molecule has 0 atom stereocenters. The number of rotatable bonds is 5. The van der Waals surface area contributed by atoms with Crippen molar-refractivity contribution in [3.05, 3.63) is 42.7 Å². The predicted molar refractivity (Wildman–Crippen MR) is 76.9 cm³/mol. The maximum atomic E-state index is 11.7. The third kappa shape index (κ3) is 4.26. The minimum absolute atomic E-state index is 0.0682. The molecule has 0 saturated heterocycles. The largest absolute Gasteiger partial charge is 0.397 e. The number of carbonyl (C=O) groups excluding carboxylic acids is 1. The van der Waals surface area contributed by atoms with E-state index in [2.05, 4.69) is 15.3 Å². The first-order valence-corrected chi connectivity index (χ1v) is 6.78. The molecule has 0 unspecified atom stereocenters. The van der Waals surface area contributed by atoms with Crippen LogP contribution in [0.3, 0.4) is 0 Å². The van der Waals surface area contributed by atoms with Gasteiger partial charge in [-0.2, -0.15) is 0 Å². The van der Waals surface area contributed by atoms with Gasteiger partial charge in [-0.1, -0.05) is 23.9 Å². The van der Waals surface area contributed by atoms with Gasteiger partial charge in [0.15, 0.2) is 5.16 Å². The van der Waals surface area contributed by atoms with Crippen molar-refractivity contribution >= 4 is 29.0 Å². The summed E-state index contributed by atoms with van der Waals surface area (Å²) in [6.07, 6.45) is 3.75. The number of nitrogen functional groups attached to an aromatic ring is 1. The van der Waals surface area contributed by atoms with Gasteiger partial charge in [-0.05, 0) is 18.2 Å². The van der Waals surface area contributed by atoms with Gasteiger partial charge in [-0.25, -0.2) is 9.97 Å². The second kappa shape index (κ2) is 6.75. The zero-order valence-corrected chi connectivity index (χ0v) is 11.1. The van der Waals surface area contributed by atoms with Crippen LogP contribution >= 0.6 is 11.8 Å². The van der Waals surface area contributed by atoms with Crippen molar-refractivity contribution in [1.82, 2.24) is 9.97 Å². The highest BCUT2D eigenvalue weighted by molar-refractivity contribution is 7.99. The van der Waals surface area contributed by atoms with Crippen LogP contribution in [0.2, 0.25) is 0 Å². The standard InChI is InChI=1S/C13H14N4OS/c14-10-4-1-2-5-11(10)17-12(18)6-9-19-13-15-7-3-8-16-13/h1-5,7-8H,6,9,14H2,(H,17,18). The summed E-state index contributed by atoms with van der Waals surface area (Å²) in [5.74, 6) is 0.559. The maximum Gasteiger partial charge on any atom is 0.225 e. The zero-order chi connectivity index (χ0) is 13.5. The molecule has 0 saturated carbocycles. The molecule has 3 N–H and O–H groups in total. The van der Waals surface area contributed by atoms with Crippen molar-refractivity contribution in [2.75, 3.05) is 16.8 Å². The molecule has 98 valence electrons. The third-order valence-electron chi connectivity index (χ3n) is 2.34. The Hall–Kier alpha value is -2.08. The summed E-state index contributed by atoms with van der Waals surface area (Å²) in [5.41, 5.74) is 6.96. The molecule has 0 spiro atoms. The van der Waals surface area contributed by atoms with Crippen molar-refractivity contribution < 1.29 is 4.79 Å². The zero-order valence-electron chi connectivity index (χ0n) is 10.2. The van der Waals surface area contributed by atoms with E-state index < -0.39 is 0 Å². The minimum atomic E-state index is -0.0682. The van der Waals surface area contributed by atoms with E-state index in [0.29, 0.717) is 28.7 Å². The Morgan fingerprint density at radius 1 is 1.21 bits per heavy atom. The summed E-state index contributed by atoms with van der Waals surface area (Å²) in [5, 5.41) is 3.45. The van der Waals surface area contributed by atoms with Crippen molar-refractivity contribution in [3.8, 4) is 0 Å². The first-order chi connectivity index (χ1) is 9.25. The number of carbonyl (C=O) groups is 1. The van der Waals surface area contributed by atoms with Gasteiger partial charge in [0.2, 0.25) is 5.91 Å². The van der Waals surface area contributed by atoms with Gasteiger partial charge in [-0.3, -0.25) is 4.79 Å². The fraction of sp³-hybridized carbons (Fsp3) is 0.154. The van der Waals surface area contributed by atoms with Crippen LogP contribution in [0.4, 0.5) is 11.4 Å². The fourth-order valence-electron chi connectivity index (χ4n) is 1.42. The lowest BCUT2D eigenvalue weighted by molar-refractivity contribution is -0.115. The second-order valence-corrected chi connectivity index (χ2v) is 4.83. The first-order valence-electron chi connectivity index (χ1n) is 5.80. The van der Waals surface area contributed by atoms with Crippen LogP contribution in [0.1, 0.15) is 6.42 Å². The normalized spacial score (nSPS) is 10.1. The van der Waals surface area contributed by atoms with Gasteiger partial charge < -0.3 is 11.1 Å². The summed E-state index contributed by atoms with van der Waals surface area (Å²) in [6, 6.07) is 8.95. The highest BCUT2D eigenvalue weighted by atomic mass is 32.2. The number of hydrogen-bond acceptors (Lipinski definition) is 5. The van der Waals surface area contributed by atoms with Crippen LogP contribution in [0.15, 0.2) is 47.9 Å². The molecule has 5 nitrogen and oxygen atoms in total. The van der Waals surface area contributed by atoms with E-state index in [-0.39, 0.29) is 5.91 Å². The Labute approximate surface area is 115 Å². The van der Waals surface area contributed by atoms with Crippen LogP contribution in [0, 0.1) is 0 Å². The molecule has 2 rings (SSSR count). The van der Waals surface area contributed by atoms with E-state index in [0.717, 1.165) is 0 Å². The Bertz CT molecular complexity index is 547. The molecule has 0 aliphatic rings. The average molecular weight is 274 g/mol. The second-order valence-electron chi connectivity index (χ2n) is 3.77. The van der Waals surface area contributed by atoms with Crippen molar-refractivity contribution in [1.29, 1.82) is 0 Å². The third-order valence-corrected chi connectivity index (χ3v) is 3.21. The van der Waals surface area contributed by atoms with Crippen LogP contribution in [-0.2, 0) is 4.79 Å². The number of nitrogens with zero attached hydrogens (tertiary/aromatic N) is 2. The molecule has 6 heteroatoms. The number of nitrogens with two attached hydrogens (primary N) is 1. The molecule has 0 radical (unpaired) electrons. The molecular formula is C13H14N4OS. The topological polar surface area (TPSA) is 80.9 Å². The molecule has 0 aliphatic carbocycles. The van der Waals surface area contributed by atoms with E-state index in [4.69, 9.17) is 5.73 Å². The van der Waals surface area contributed by atoms with E-state index in [9.17, 15) is 4.79 Å². The van der Waals surface area contributed by atoms with Gasteiger partial charge in [-0.15, -0.1) is 0 Å². The van der Waals surface area contributed by atoms with E-state index in [1.807, 2.05) is 12.1 Å². The smallest absolute Gasteiger partial charge is 0.225 e. The monoisotopic (exact) mass is 274 g/mol. The number of amides is 1. The molecule has 0 fully saturated rings. The number of thioether (sulfide) groups is 1. The molecule has 1 aromatic carbocycles. The SMILES string of the molecule is Nc1ccccc1NC(=O)CCSc1ncccn1. The van der Waals surface area contributed by atoms with Crippen LogP contribution in [-0.4, -0.2) is 21.6 Å².